The standard InChI is InChI=1S/C28H36F2N4O2/c29-21-15-23(25(32-16-21)18-5-3-6-18)26(28(35)36)34-14-12-20(17-34)24(30)9-2-1-8-22-11-10-19-7-4-13-31-27(19)33-22/h10-11,15-16,18,20,24,26H,1-9,12-14,17H2,(H,31,33)(H,35,36)/t20-,24?,26+/m1/s1. The van der Waals surface area contributed by atoms with Crippen LogP contribution in [-0.4, -0.2) is 51.7 Å². The summed E-state index contributed by atoms with van der Waals surface area (Å²) >= 11 is 0. The molecule has 0 bridgehead atoms. The van der Waals surface area contributed by atoms with Crippen LogP contribution >= 0.6 is 0 Å². The number of halogens is 2. The highest BCUT2D eigenvalue weighted by Gasteiger charge is 2.39. The first-order valence-corrected chi connectivity index (χ1v) is 13.5. The molecule has 0 aromatic carbocycles. The number of carboxylic acid groups (broad SMARTS) is 1. The molecule has 1 unspecified atom stereocenters. The quantitative estimate of drug-likeness (QED) is 0.425. The van der Waals surface area contributed by atoms with Gasteiger partial charge in [0.1, 0.15) is 23.8 Å². The maximum atomic E-state index is 15.2. The van der Waals surface area contributed by atoms with Gasteiger partial charge in [-0.2, -0.15) is 0 Å². The van der Waals surface area contributed by atoms with Gasteiger partial charge in [-0.15, -0.1) is 0 Å². The molecule has 1 aliphatic carbocycles. The van der Waals surface area contributed by atoms with E-state index >= 15 is 4.39 Å². The van der Waals surface area contributed by atoms with Gasteiger partial charge in [-0.05, 0) is 75.6 Å². The fourth-order valence-electron chi connectivity index (χ4n) is 5.93. The van der Waals surface area contributed by atoms with Crippen molar-refractivity contribution in [3.63, 3.8) is 0 Å². The average Bonchev–Trinajstić information content (AvgIpc) is 3.31. The molecule has 1 saturated carbocycles. The van der Waals surface area contributed by atoms with Crippen LogP contribution in [0.15, 0.2) is 24.4 Å². The number of likely N-dealkylation sites (tertiary alicyclic amines) is 1. The monoisotopic (exact) mass is 498 g/mol. The topological polar surface area (TPSA) is 78.3 Å². The Morgan fingerprint density at radius 3 is 2.86 bits per heavy atom. The van der Waals surface area contributed by atoms with Crippen molar-refractivity contribution in [1.29, 1.82) is 0 Å². The van der Waals surface area contributed by atoms with E-state index in [0.29, 0.717) is 37.2 Å². The zero-order valence-corrected chi connectivity index (χ0v) is 20.8. The predicted molar refractivity (Wildman–Crippen MR) is 134 cm³/mol. The van der Waals surface area contributed by atoms with Gasteiger partial charge < -0.3 is 10.4 Å². The van der Waals surface area contributed by atoms with Gasteiger partial charge in [0.2, 0.25) is 0 Å². The second kappa shape index (κ2) is 11.2. The highest BCUT2D eigenvalue weighted by atomic mass is 19.1. The number of fused-ring (bicyclic) bond motifs is 1. The third kappa shape index (κ3) is 5.53. The number of hydrogen-bond donors (Lipinski definition) is 2. The summed E-state index contributed by atoms with van der Waals surface area (Å²) in [4.78, 5) is 23.1. The summed E-state index contributed by atoms with van der Waals surface area (Å²) in [5.74, 6) is -0.564. The maximum absolute atomic E-state index is 15.2. The molecule has 2 aromatic heterocycles. The van der Waals surface area contributed by atoms with E-state index in [4.69, 9.17) is 4.98 Å². The normalized spacial score (nSPS) is 21.9. The number of pyridine rings is 2. The molecule has 2 fully saturated rings. The van der Waals surface area contributed by atoms with Crippen LogP contribution in [0.3, 0.4) is 0 Å². The number of nitrogens with one attached hydrogen (secondary N) is 1. The minimum Gasteiger partial charge on any atom is -0.480 e. The van der Waals surface area contributed by atoms with Crippen LogP contribution in [0.5, 0.6) is 0 Å². The van der Waals surface area contributed by atoms with E-state index < -0.39 is 24.0 Å². The number of aromatic nitrogens is 2. The summed E-state index contributed by atoms with van der Waals surface area (Å²) in [5.41, 5.74) is 3.45. The minimum absolute atomic E-state index is 0.190. The van der Waals surface area contributed by atoms with Gasteiger partial charge in [0.05, 0.1) is 6.20 Å². The molecule has 3 aliphatic rings. The Labute approximate surface area is 211 Å². The van der Waals surface area contributed by atoms with E-state index in [-0.39, 0.29) is 11.8 Å². The molecule has 2 aliphatic heterocycles. The molecular weight excluding hydrogens is 462 g/mol. The Morgan fingerprint density at radius 2 is 2.08 bits per heavy atom. The summed E-state index contributed by atoms with van der Waals surface area (Å²) in [6, 6.07) is 4.57. The number of aryl methyl sites for hydroxylation is 2. The van der Waals surface area contributed by atoms with Crippen molar-refractivity contribution in [1.82, 2.24) is 14.9 Å². The van der Waals surface area contributed by atoms with Crippen LogP contribution in [0.2, 0.25) is 0 Å². The van der Waals surface area contributed by atoms with Crippen molar-refractivity contribution in [3.8, 4) is 0 Å². The van der Waals surface area contributed by atoms with Gasteiger partial charge in [-0.3, -0.25) is 14.7 Å². The SMILES string of the molecule is O=C(O)[C@H](c1cc(F)cnc1C1CCC1)N1CC[C@@H](C(F)CCCCc2ccc3c(n2)NCCC3)C1. The van der Waals surface area contributed by atoms with Crippen molar-refractivity contribution < 1.29 is 18.7 Å². The zero-order chi connectivity index (χ0) is 25.1. The molecule has 4 heterocycles. The molecule has 1 saturated heterocycles. The third-order valence-electron chi connectivity index (χ3n) is 8.18. The summed E-state index contributed by atoms with van der Waals surface area (Å²) in [5, 5.41) is 13.4. The van der Waals surface area contributed by atoms with Crippen LogP contribution in [0.25, 0.3) is 0 Å². The zero-order valence-electron chi connectivity index (χ0n) is 20.8. The van der Waals surface area contributed by atoms with Crippen molar-refractivity contribution in [3.05, 3.63) is 52.7 Å². The van der Waals surface area contributed by atoms with Crippen LogP contribution in [-0.2, 0) is 17.6 Å². The lowest BCUT2D eigenvalue weighted by Crippen LogP contribution is -2.35. The Hall–Kier alpha value is -2.61. The first-order valence-electron chi connectivity index (χ1n) is 13.5. The highest BCUT2D eigenvalue weighted by molar-refractivity contribution is 5.76. The van der Waals surface area contributed by atoms with Gasteiger partial charge in [0, 0.05) is 41.9 Å². The molecule has 2 N–H and O–H groups in total. The number of alkyl halides is 1. The van der Waals surface area contributed by atoms with E-state index in [1.807, 2.05) is 4.90 Å². The molecule has 0 amide bonds. The molecule has 2 aromatic rings. The largest absolute Gasteiger partial charge is 0.480 e. The Balaban J connectivity index is 1.15. The Morgan fingerprint density at radius 1 is 1.22 bits per heavy atom. The summed E-state index contributed by atoms with van der Waals surface area (Å²) in [6.07, 6.45) is 8.94. The van der Waals surface area contributed by atoms with Crippen molar-refractivity contribution in [2.75, 3.05) is 25.0 Å². The fourth-order valence-corrected chi connectivity index (χ4v) is 5.93. The summed E-state index contributed by atoms with van der Waals surface area (Å²) in [7, 11) is 0. The summed E-state index contributed by atoms with van der Waals surface area (Å²) < 4.78 is 29.2. The van der Waals surface area contributed by atoms with Crippen LogP contribution in [0.4, 0.5) is 14.6 Å². The van der Waals surface area contributed by atoms with E-state index in [9.17, 15) is 14.3 Å². The molecule has 5 rings (SSSR count). The lowest BCUT2D eigenvalue weighted by molar-refractivity contribution is -0.143. The number of carboxylic acids is 1. The predicted octanol–water partition coefficient (Wildman–Crippen LogP) is 5.44. The first kappa shape index (κ1) is 25.1. The van der Waals surface area contributed by atoms with Crippen molar-refractivity contribution >= 4 is 11.8 Å². The molecule has 0 radical (unpaired) electrons. The fraction of sp³-hybridized carbons (Fsp3) is 0.607. The number of aliphatic carboxylic acids is 1. The number of hydrogen-bond acceptors (Lipinski definition) is 5. The minimum atomic E-state index is -1.02. The molecule has 194 valence electrons. The van der Waals surface area contributed by atoms with Crippen LogP contribution in [0, 0.1) is 11.7 Å². The average molecular weight is 499 g/mol. The number of anilines is 1. The number of rotatable bonds is 10. The van der Waals surface area contributed by atoms with Crippen LogP contribution in [0.1, 0.15) is 85.8 Å². The molecule has 0 spiro atoms. The lowest BCUT2D eigenvalue weighted by Gasteiger charge is -2.31. The first-order chi connectivity index (χ1) is 17.5. The number of nitrogens with zero attached hydrogens (tertiary/aromatic N) is 3. The third-order valence-corrected chi connectivity index (χ3v) is 8.18. The van der Waals surface area contributed by atoms with Gasteiger partial charge in [0.25, 0.3) is 0 Å². The molecule has 6 nitrogen and oxygen atoms in total. The smallest absolute Gasteiger partial charge is 0.325 e. The Bertz CT molecular complexity index is 1080. The van der Waals surface area contributed by atoms with Crippen LogP contribution < -0.4 is 5.32 Å². The number of unbranched alkanes of at least 4 members (excludes halogenated alkanes) is 1. The maximum Gasteiger partial charge on any atom is 0.325 e. The Kier molecular flexibility index (Phi) is 7.79. The second-order valence-corrected chi connectivity index (χ2v) is 10.6. The van der Waals surface area contributed by atoms with Gasteiger partial charge >= 0.3 is 5.97 Å². The van der Waals surface area contributed by atoms with Gasteiger partial charge in [-0.1, -0.05) is 18.9 Å². The van der Waals surface area contributed by atoms with E-state index in [0.717, 1.165) is 69.4 Å². The van der Waals surface area contributed by atoms with Gasteiger partial charge in [-0.25, -0.2) is 13.8 Å². The van der Waals surface area contributed by atoms with E-state index in [1.165, 1.54) is 17.8 Å². The highest BCUT2D eigenvalue weighted by Crippen LogP contribution is 2.41. The lowest BCUT2D eigenvalue weighted by atomic mass is 9.80. The van der Waals surface area contributed by atoms with E-state index in [2.05, 4.69) is 22.4 Å². The molecule has 3 atom stereocenters. The molecule has 8 heteroatoms. The molecular formula is C28H36F2N4O2. The second-order valence-electron chi connectivity index (χ2n) is 10.6. The van der Waals surface area contributed by atoms with E-state index in [1.54, 1.807) is 0 Å². The number of carbonyl (C=O) groups is 1. The summed E-state index contributed by atoms with van der Waals surface area (Å²) in [6.45, 7) is 1.83. The van der Waals surface area contributed by atoms with Crippen molar-refractivity contribution in [2.24, 2.45) is 5.92 Å². The molecule has 36 heavy (non-hydrogen) atoms. The van der Waals surface area contributed by atoms with Gasteiger partial charge in [0.15, 0.2) is 0 Å². The van der Waals surface area contributed by atoms with Crippen molar-refractivity contribution in [2.45, 2.75) is 82.3 Å².